The Kier molecular flexibility index (Phi) is 3.23. The van der Waals surface area contributed by atoms with Gasteiger partial charge in [0.15, 0.2) is 0 Å². The molecule has 0 radical (unpaired) electrons. The summed E-state index contributed by atoms with van der Waals surface area (Å²) in [7, 11) is 0. The summed E-state index contributed by atoms with van der Waals surface area (Å²) >= 11 is 5.01. The van der Waals surface area contributed by atoms with Crippen molar-refractivity contribution in [3.05, 3.63) is 11.4 Å². The number of hydrogen-bond donors (Lipinski definition) is 1. The molecule has 1 saturated carbocycles. The maximum Gasteiger partial charge on any atom is 0.143 e. The quantitative estimate of drug-likeness (QED) is 0.795. The lowest BCUT2D eigenvalue weighted by atomic mass is 10.1. The fourth-order valence-corrected chi connectivity index (χ4v) is 2.24. The first-order valence-corrected chi connectivity index (χ1v) is 6.29. The van der Waals surface area contributed by atoms with Crippen molar-refractivity contribution >= 4 is 17.2 Å². The van der Waals surface area contributed by atoms with Crippen LogP contribution in [0, 0.1) is 5.92 Å². The molecule has 1 aliphatic carbocycles. The average molecular weight is 238 g/mol. The van der Waals surface area contributed by atoms with E-state index in [1.807, 2.05) is 4.68 Å². The summed E-state index contributed by atoms with van der Waals surface area (Å²) in [6.45, 7) is 4.34. The van der Waals surface area contributed by atoms with Gasteiger partial charge >= 0.3 is 0 Å². The van der Waals surface area contributed by atoms with Gasteiger partial charge in [0.05, 0.1) is 11.7 Å². The zero-order valence-electron chi connectivity index (χ0n) is 9.81. The van der Waals surface area contributed by atoms with E-state index in [0.717, 1.165) is 24.5 Å². The minimum absolute atomic E-state index is 0.359. The van der Waals surface area contributed by atoms with Crippen molar-refractivity contribution in [2.75, 3.05) is 0 Å². The van der Waals surface area contributed by atoms with E-state index in [2.05, 4.69) is 24.2 Å². The van der Waals surface area contributed by atoms with Crippen LogP contribution in [0.15, 0.2) is 0 Å². The highest BCUT2D eigenvalue weighted by Crippen LogP contribution is 2.39. The molecule has 0 aliphatic heterocycles. The molecule has 1 unspecified atom stereocenters. The zero-order valence-corrected chi connectivity index (χ0v) is 10.6. The Hall–Kier alpha value is -0.970. The summed E-state index contributed by atoms with van der Waals surface area (Å²) in [5, 5.41) is 8.33. The van der Waals surface area contributed by atoms with Gasteiger partial charge in [-0.1, -0.05) is 30.8 Å². The maximum atomic E-state index is 5.67. The van der Waals surface area contributed by atoms with Crippen LogP contribution in [0.25, 0.3) is 0 Å². The van der Waals surface area contributed by atoms with Crippen LogP contribution in [0.2, 0.25) is 0 Å². The van der Waals surface area contributed by atoms with Crippen molar-refractivity contribution in [1.82, 2.24) is 15.0 Å². The summed E-state index contributed by atoms with van der Waals surface area (Å²) in [6.07, 6.45) is 4.60. The Balaban J connectivity index is 2.32. The molecule has 1 fully saturated rings. The summed E-state index contributed by atoms with van der Waals surface area (Å²) in [5.74, 6) is 0.761. The lowest BCUT2D eigenvalue weighted by Gasteiger charge is -2.13. The van der Waals surface area contributed by atoms with E-state index in [1.54, 1.807) is 0 Å². The molecule has 16 heavy (non-hydrogen) atoms. The van der Waals surface area contributed by atoms with Gasteiger partial charge in [-0.3, -0.25) is 0 Å². The van der Waals surface area contributed by atoms with Crippen LogP contribution in [0.1, 0.15) is 50.5 Å². The van der Waals surface area contributed by atoms with Crippen LogP contribution >= 0.6 is 12.2 Å². The molecule has 2 rings (SSSR count). The molecule has 0 saturated heterocycles. The van der Waals surface area contributed by atoms with E-state index in [1.165, 1.54) is 12.8 Å². The average Bonchev–Trinajstić information content (AvgIpc) is 2.99. The van der Waals surface area contributed by atoms with E-state index in [0.29, 0.717) is 16.7 Å². The molecule has 1 aliphatic rings. The lowest BCUT2D eigenvalue weighted by Crippen LogP contribution is -2.16. The topological polar surface area (TPSA) is 56.7 Å². The van der Waals surface area contributed by atoms with Crippen LogP contribution in [-0.4, -0.2) is 20.0 Å². The molecule has 88 valence electrons. The molecule has 1 aromatic rings. The molecule has 0 spiro atoms. The third-order valence-corrected chi connectivity index (χ3v) is 3.39. The summed E-state index contributed by atoms with van der Waals surface area (Å²) < 4.78 is 2.02. The molecule has 1 heterocycles. The Morgan fingerprint density at radius 1 is 1.62 bits per heavy atom. The van der Waals surface area contributed by atoms with Crippen molar-refractivity contribution in [1.29, 1.82) is 0 Å². The second-order valence-electron chi connectivity index (χ2n) is 4.52. The van der Waals surface area contributed by atoms with E-state index >= 15 is 0 Å². The molecular formula is C11H18N4S. The van der Waals surface area contributed by atoms with Crippen molar-refractivity contribution in [2.24, 2.45) is 11.7 Å². The van der Waals surface area contributed by atoms with E-state index in [-0.39, 0.29) is 0 Å². The SMILES string of the molecule is CCCc1c(C(N)=S)nnn1C(C)C1CC1. The minimum Gasteiger partial charge on any atom is -0.388 e. The summed E-state index contributed by atoms with van der Waals surface area (Å²) in [6, 6.07) is 0.428. The number of hydrogen-bond acceptors (Lipinski definition) is 3. The van der Waals surface area contributed by atoms with E-state index < -0.39 is 0 Å². The monoisotopic (exact) mass is 238 g/mol. The van der Waals surface area contributed by atoms with Crippen LogP contribution in [0.5, 0.6) is 0 Å². The predicted octanol–water partition coefficient (Wildman–Crippen LogP) is 1.84. The van der Waals surface area contributed by atoms with E-state index in [9.17, 15) is 0 Å². The van der Waals surface area contributed by atoms with Gasteiger partial charge in [0.25, 0.3) is 0 Å². The molecule has 0 aromatic carbocycles. The molecule has 1 aromatic heterocycles. The van der Waals surface area contributed by atoms with Gasteiger partial charge in [0.2, 0.25) is 0 Å². The van der Waals surface area contributed by atoms with Gasteiger partial charge in [0.1, 0.15) is 10.7 Å². The van der Waals surface area contributed by atoms with Crippen LogP contribution in [0.4, 0.5) is 0 Å². The third kappa shape index (κ3) is 2.09. The second-order valence-corrected chi connectivity index (χ2v) is 4.96. The predicted molar refractivity (Wildman–Crippen MR) is 67.3 cm³/mol. The Morgan fingerprint density at radius 2 is 2.31 bits per heavy atom. The number of aromatic nitrogens is 3. The first-order chi connectivity index (χ1) is 7.65. The molecule has 1 atom stereocenters. The van der Waals surface area contributed by atoms with Gasteiger partial charge < -0.3 is 5.73 Å². The normalized spacial score (nSPS) is 17.4. The van der Waals surface area contributed by atoms with Crippen molar-refractivity contribution in [3.8, 4) is 0 Å². The van der Waals surface area contributed by atoms with Crippen molar-refractivity contribution in [2.45, 2.75) is 45.6 Å². The first kappa shape index (κ1) is 11.5. The van der Waals surface area contributed by atoms with Gasteiger partial charge in [-0.05, 0) is 32.1 Å². The Morgan fingerprint density at radius 3 is 2.81 bits per heavy atom. The Labute approximate surface area is 101 Å². The molecule has 2 N–H and O–H groups in total. The zero-order chi connectivity index (χ0) is 11.7. The third-order valence-electron chi connectivity index (χ3n) is 3.20. The number of rotatable bonds is 5. The molecule has 0 amide bonds. The van der Waals surface area contributed by atoms with Crippen LogP contribution < -0.4 is 5.73 Å². The lowest BCUT2D eigenvalue weighted by molar-refractivity contribution is 0.414. The molecule has 0 bridgehead atoms. The van der Waals surface area contributed by atoms with E-state index in [4.69, 9.17) is 18.0 Å². The fourth-order valence-electron chi connectivity index (χ4n) is 2.08. The standard InChI is InChI=1S/C11H18N4S/c1-3-4-9-10(11(12)16)13-14-15(9)7(2)8-5-6-8/h7-8H,3-6H2,1-2H3,(H2,12,16). The molecular weight excluding hydrogens is 220 g/mol. The van der Waals surface area contributed by atoms with Gasteiger partial charge in [0, 0.05) is 0 Å². The van der Waals surface area contributed by atoms with Gasteiger partial charge in [-0.15, -0.1) is 5.10 Å². The van der Waals surface area contributed by atoms with Gasteiger partial charge in [-0.25, -0.2) is 4.68 Å². The Bertz CT molecular complexity index is 395. The molecule has 4 nitrogen and oxygen atoms in total. The fraction of sp³-hybridized carbons (Fsp3) is 0.727. The van der Waals surface area contributed by atoms with Crippen molar-refractivity contribution in [3.63, 3.8) is 0 Å². The highest BCUT2D eigenvalue weighted by molar-refractivity contribution is 7.80. The van der Waals surface area contributed by atoms with Gasteiger partial charge in [-0.2, -0.15) is 0 Å². The summed E-state index contributed by atoms with van der Waals surface area (Å²) in [4.78, 5) is 0.359. The highest BCUT2D eigenvalue weighted by atomic mass is 32.1. The number of nitrogens with zero attached hydrogens (tertiary/aromatic N) is 3. The first-order valence-electron chi connectivity index (χ1n) is 5.89. The van der Waals surface area contributed by atoms with Crippen LogP contribution in [0.3, 0.4) is 0 Å². The highest BCUT2D eigenvalue weighted by Gasteiger charge is 2.31. The number of nitrogens with two attached hydrogens (primary N) is 1. The minimum atomic E-state index is 0.359. The largest absolute Gasteiger partial charge is 0.388 e. The second kappa shape index (κ2) is 4.49. The summed E-state index contributed by atoms with van der Waals surface area (Å²) in [5.41, 5.74) is 7.48. The van der Waals surface area contributed by atoms with Crippen LogP contribution in [-0.2, 0) is 6.42 Å². The van der Waals surface area contributed by atoms with Crippen molar-refractivity contribution < 1.29 is 0 Å². The molecule has 5 heteroatoms. The number of thiocarbonyl (C=S) groups is 1. The smallest absolute Gasteiger partial charge is 0.143 e. The maximum absolute atomic E-state index is 5.67.